The van der Waals surface area contributed by atoms with Crippen LogP contribution in [0, 0.1) is 0 Å². The van der Waals surface area contributed by atoms with E-state index in [-0.39, 0.29) is 12.3 Å². The molecule has 4 nitrogen and oxygen atoms in total. The Morgan fingerprint density at radius 1 is 0.852 bits per heavy atom. The van der Waals surface area contributed by atoms with E-state index in [2.05, 4.69) is 17.4 Å². The molecule has 0 bridgehead atoms. The summed E-state index contributed by atoms with van der Waals surface area (Å²) in [4.78, 5) is 24.1. The zero-order valence-corrected chi connectivity index (χ0v) is 15.2. The van der Waals surface area contributed by atoms with E-state index in [1.54, 1.807) is 0 Å². The van der Waals surface area contributed by atoms with Gasteiger partial charge in [-0.15, -0.1) is 0 Å². The molecule has 3 aromatic rings. The summed E-state index contributed by atoms with van der Waals surface area (Å²) in [5.74, 6) is -0.677. The Morgan fingerprint density at radius 2 is 1.56 bits per heavy atom. The Bertz CT molecular complexity index is 922. The number of fused-ring (bicyclic) bond motifs is 1. The molecule has 0 fully saturated rings. The van der Waals surface area contributed by atoms with E-state index >= 15 is 0 Å². The number of benzene rings is 3. The first-order chi connectivity index (χ1) is 13.1. The van der Waals surface area contributed by atoms with Gasteiger partial charge in [0.2, 0.25) is 11.8 Å². The maximum absolute atomic E-state index is 12.4. The number of nitrogens with two attached hydrogens (primary N) is 1. The lowest BCUT2D eigenvalue weighted by atomic mass is 10.0. The summed E-state index contributed by atoms with van der Waals surface area (Å²) in [6.45, 7) is 0. The molecule has 0 radical (unpaired) electrons. The number of rotatable bonds is 8. The van der Waals surface area contributed by atoms with Crippen LogP contribution < -0.4 is 11.1 Å². The van der Waals surface area contributed by atoms with Gasteiger partial charge in [-0.25, -0.2) is 0 Å². The second kappa shape index (κ2) is 8.99. The van der Waals surface area contributed by atoms with E-state index in [9.17, 15) is 9.59 Å². The van der Waals surface area contributed by atoms with Crippen molar-refractivity contribution in [2.45, 2.75) is 31.7 Å². The van der Waals surface area contributed by atoms with E-state index < -0.39 is 11.9 Å². The molecule has 1 atom stereocenters. The summed E-state index contributed by atoms with van der Waals surface area (Å²) in [5.41, 5.74) is 7.61. The Hall–Kier alpha value is -3.14. The number of carbonyl (C=O) groups excluding carboxylic acids is 2. The van der Waals surface area contributed by atoms with Gasteiger partial charge in [0.15, 0.2) is 0 Å². The summed E-state index contributed by atoms with van der Waals surface area (Å²) in [6, 6.07) is 23.4. The molecule has 0 heterocycles. The summed E-state index contributed by atoms with van der Waals surface area (Å²) in [6.07, 6.45) is 2.40. The van der Waals surface area contributed by atoms with E-state index in [0.29, 0.717) is 6.42 Å². The SMILES string of the molecule is NC(=O)[C@H](CCCc1ccccc1)NC(=O)Cc1ccc2ccccc2c1. The van der Waals surface area contributed by atoms with Gasteiger partial charge in [0, 0.05) is 0 Å². The van der Waals surface area contributed by atoms with Crippen LogP contribution in [0.15, 0.2) is 72.8 Å². The Balaban J connectivity index is 1.55. The van der Waals surface area contributed by atoms with Crippen molar-refractivity contribution in [3.63, 3.8) is 0 Å². The monoisotopic (exact) mass is 360 g/mol. The summed E-state index contributed by atoms with van der Waals surface area (Å²) in [7, 11) is 0. The number of primary amides is 1. The van der Waals surface area contributed by atoms with Crippen molar-refractivity contribution < 1.29 is 9.59 Å². The fourth-order valence-corrected chi connectivity index (χ4v) is 3.22. The van der Waals surface area contributed by atoms with Crippen molar-refractivity contribution in [2.24, 2.45) is 5.73 Å². The molecule has 0 unspecified atom stereocenters. The van der Waals surface area contributed by atoms with Crippen LogP contribution in [-0.2, 0) is 22.4 Å². The highest BCUT2D eigenvalue weighted by Gasteiger charge is 2.18. The lowest BCUT2D eigenvalue weighted by molar-refractivity contribution is -0.127. The summed E-state index contributed by atoms with van der Waals surface area (Å²) >= 11 is 0. The van der Waals surface area contributed by atoms with E-state index in [1.807, 2.05) is 60.7 Å². The lowest BCUT2D eigenvalue weighted by Gasteiger charge is -2.15. The van der Waals surface area contributed by atoms with Crippen molar-refractivity contribution >= 4 is 22.6 Å². The van der Waals surface area contributed by atoms with Crippen LogP contribution in [0.1, 0.15) is 24.0 Å². The van der Waals surface area contributed by atoms with Crippen molar-refractivity contribution in [3.8, 4) is 0 Å². The van der Waals surface area contributed by atoms with Crippen LogP contribution in [0.25, 0.3) is 10.8 Å². The number of nitrogens with one attached hydrogen (secondary N) is 1. The van der Waals surface area contributed by atoms with Gasteiger partial charge >= 0.3 is 0 Å². The van der Waals surface area contributed by atoms with Gasteiger partial charge in [0.1, 0.15) is 6.04 Å². The zero-order valence-electron chi connectivity index (χ0n) is 15.2. The Labute approximate surface area is 159 Å². The highest BCUT2D eigenvalue weighted by Crippen LogP contribution is 2.16. The molecule has 0 saturated carbocycles. The average Bonchev–Trinajstić information content (AvgIpc) is 2.68. The van der Waals surface area contributed by atoms with Gasteiger partial charge < -0.3 is 11.1 Å². The maximum Gasteiger partial charge on any atom is 0.239 e. The Kier molecular flexibility index (Phi) is 6.21. The number of hydrogen-bond acceptors (Lipinski definition) is 2. The fraction of sp³-hybridized carbons (Fsp3) is 0.217. The predicted molar refractivity (Wildman–Crippen MR) is 108 cm³/mol. The van der Waals surface area contributed by atoms with Crippen LogP contribution in [-0.4, -0.2) is 17.9 Å². The highest BCUT2D eigenvalue weighted by molar-refractivity contribution is 5.88. The molecular formula is C23H24N2O2. The molecule has 3 N–H and O–H groups in total. The number of aryl methyl sites for hydroxylation is 1. The van der Waals surface area contributed by atoms with Gasteiger partial charge in [-0.1, -0.05) is 72.8 Å². The normalized spacial score (nSPS) is 11.9. The first-order valence-corrected chi connectivity index (χ1v) is 9.22. The standard InChI is InChI=1S/C23H24N2O2/c24-23(27)21(12-6-9-17-7-2-1-3-8-17)25-22(26)16-18-13-14-19-10-4-5-11-20(19)15-18/h1-5,7-8,10-11,13-15,21H,6,9,12,16H2,(H2,24,27)(H,25,26)/t21-/m0/s1. The van der Waals surface area contributed by atoms with E-state index in [0.717, 1.165) is 29.2 Å². The third kappa shape index (κ3) is 5.42. The van der Waals surface area contributed by atoms with E-state index in [4.69, 9.17) is 5.73 Å². The smallest absolute Gasteiger partial charge is 0.239 e. The van der Waals surface area contributed by atoms with Crippen LogP contribution >= 0.6 is 0 Å². The highest BCUT2D eigenvalue weighted by atomic mass is 16.2. The quantitative estimate of drug-likeness (QED) is 0.646. The molecule has 4 heteroatoms. The van der Waals surface area contributed by atoms with Crippen molar-refractivity contribution in [1.29, 1.82) is 0 Å². The van der Waals surface area contributed by atoms with Gasteiger partial charge in [0.05, 0.1) is 6.42 Å². The molecule has 0 aliphatic heterocycles. The molecular weight excluding hydrogens is 336 g/mol. The summed E-state index contributed by atoms with van der Waals surface area (Å²) < 4.78 is 0. The molecule has 0 aliphatic rings. The fourth-order valence-electron chi connectivity index (χ4n) is 3.22. The van der Waals surface area contributed by atoms with Crippen LogP contribution in [0.2, 0.25) is 0 Å². The van der Waals surface area contributed by atoms with Crippen molar-refractivity contribution in [1.82, 2.24) is 5.32 Å². The predicted octanol–water partition coefficient (Wildman–Crippen LogP) is 3.38. The van der Waals surface area contributed by atoms with Crippen LogP contribution in [0.4, 0.5) is 0 Å². The lowest BCUT2D eigenvalue weighted by Crippen LogP contribution is -2.45. The second-order valence-electron chi connectivity index (χ2n) is 6.76. The number of hydrogen-bond donors (Lipinski definition) is 2. The average molecular weight is 360 g/mol. The van der Waals surface area contributed by atoms with E-state index in [1.165, 1.54) is 5.56 Å². The molecule has 0 saturated heterocycles. The Morgan fingerprint density at radius 3 is 2.30 bits per heavy atom. The molecule has 138 valence electrons. The number of carbonyl (C=O) groups is 2. The first-order valence-electron chi connectivity index (χ1n) is 9.22. The largest absolute Gasteiger partial charge is 0.368 e. The van der Waals surface area contributed by atoms with Gasteiger partial charge in [-0.05, 0) is 41.2 Å². The van der Waals surface area contributed by atoms with Crippen molar-refractivity contribution in [2.75, 3.05) is 0 Å². The molecule has 0 aromatic heterocycles. The molecule has 3 rings (SSSR count). The van der Waals surface area contributed by atoms with Gasteiger partial charge in [-0.3, -0.25) is 9.59 Å². The van der Waals surface area contributed by atoms with Gasteiger partial charge in [-0.2, -0.15) is 0 Å². The van der Waals surface area contributed by atoms with Crippen molar-refractivity contribution in [3.05, 3.63) is 83.9 Å². The minimum atomic E-state index is -0.637. The third-order valence-corrected chi connectivity index (χ3v) is 4.66. The molecule has 3 aromatic carbocycles. The third-order valence-electron chi connectivity index (χ3n) is 4.66. The minimum absolute atomic E-state index is 0.186. The number of amides is 2. The zero-order chi connectivity index (χ0) is 19.1. The molecule has 2 amide bonds. The molecule has 0 spiro atoms. The topological polar surface area (TPSA) is 72.2 Å². The summed E-state index contributed by atoms with van der Waals surface area (Å²) in [5, 5.41) is 5.02. The molecule has 0 aliphatic carbocycles. The first kappa shape index (κ1) is 18.6. The minimum Gasteiger partial charge on any atom is -0.368 e. The van der Waals surface area contributed by atoms with Gasteiger partial charge in [0.25, 0.3) is 0 Å². The van der Waals surface area contributed by atoms with Crippen LogP contribution in [0.5, 0.6) is 0 Å². The van der Waals surface area contributed by atoms with Crippen LogP contribution in [0.3, 0.4) is 0 Å². The molecule has 27 heavy (non-hydrogen) atoms. The maximum atomic E-state index is 12.4. The second-order valence-corrected chi connectivity index (χ2v) is 6.76.